The summed E-state index contributed by atoms with van der Waals surface area (Å²) in [7, 11) is 3.32. The predicted octanol–water partition coefficient (Wildman–Crippen LogP) is 0.498. The van der Waals surface area contributed by atoms with Gasteiger partial charge in [-0.2, -0.15) is 0 Å². The van der Waals surface area contributed by atoms with Crippen molar-refractivity contribution in [1.82, 2.24) is 9.88 Å². The van der Waals surface area contributed by atoms with Crippen molar-refractivity contribution in [3.63, 3.8) is 0 Å². The molecule has 4 nitrogen and oxygen atoms in total. The first kappa shape index (κ1) is 11.7. The lowest BCUT2D eigenvalue weighted by molar-refractivity contribution is 0.0827. The number of rotatable bonds is 1. The van der Waals surface area contributed by atoms with Crippen molar-refractivity contribution in [1.29, 1.82) is 0 Å². The number of aromatic nitrogens is 1. The van der Waals surface area contributed by atoms with E-state index in [1.54, 1.807) is 14.1 Å². The summed E-state index contributed by atoms with van der Waals surface area (Å²) in [5.41, 5.74) is 0.282. The number of aromatic amines is 1. The highest BCUT2D eigenvalue weighted by Crippen LogP contribution is 1.96. The van der Waals surface area contributed by atoms with Crippen molar-refractivity contribution in [3.05, 3.63) is 34.2 Å². The third-order valence-electron chi connectivity index (χ3n) is 1.44. The third-order valence-corrected chi connectivity index (χ3v) is 1.44. The zero-order valence-corrected chi connectivity index (χ0v) is 8.22. The first-order valence-corrected chi connectivity index (χ1v) is 3.51. The van der Waals surface area contributed by atoms with E-state index in [4.69, 9.17) is 0 Å². The molecule has 1 N–H and O–H groups in total. The Bertz CT molecular complexity index is 326. The fourth-order valence-corrected chi connectivity index (χ4v) is 0.802. The Labute approximate surface area is 82.0 Å². The van der Waals surface area contributed by atoms with Crippen LogP contribution in [-0.2, 0) is 0 Å². The topological polar surface area (TPSA) is 53.2 Å². The second-order valence-electron chi connectivity index (χ2n) is 2.64. The standard InChI is InChI=1S/C8H10N2O2.ClH/c1-10(2)8(12)6-3-4-7(11)9-5-6;/h3-5H,1-2H3,(H,9,11);1H. The number of H-pyrrole nitrogens is 1. The summed E-state index contributed by atoms with van der Waals surface area (Å²) in [6, 6.07) is 2.83. The van der Waals surface area contributed by atoms with Gasteiger partial charge in [-0.1, -0.05) is 0 Å². The van der Waals surface area contributed by atoms with Crippen molar-refractivity contribution in [3.8, 4) is 0 Å². The van der Waals surface area contributed by atoms with Gasteiger partial charge in [0.25, 0.3) is 5.91 Å². The SMILES string of the molecule is CN(C)C(=O)c1ccc(=O)[nH]c1.Cl. The molecular formula is C8H11ClN2O2. The molecule has 1 amide bonds. The minimum atomic E-state index is -0.203. The summed E-state index contributed by atoms with van der Waals surface area (Å²) < 4.78 is 0. The summed E-state index contributed by atoms with van der Waals surface area (Å²) in [5.74, 6) is -0.119. The monoisotopic (exact) mass is 202 g/mol. The molecule has 1 heterocycles. The van der Waals surface area contributed by atoms with Crippen LogP contribution < -0.4 is 5.56 Å². The normalized spacial score (nSPS) is 8.77. The Morgan fingerprint density at radius 1 is 1.38 bits per heavy atom. The van der Waals surface area contributed by atoms with E-state index in [0.29, 0.717) is 5.56 Å². The zero-order chi connectivity index (χ0) is 9.14. The highest BCUT2D eigenvalue weighted by molar-refractivity contribution is 5.93. The largest absolute Gasteiger partial charge is 0.345 e. The van der Waals surface area contributed by atoms with E-state index in [0.717, 1.165) is 0 Å². The number of carbonyl (C=O) groups excluding carboxylic acids is 1. The van der Waals surface area contributed by atoms with Gasteiger partial charge in [-0.05, 0) is 6.07 Å². The fraction of sp³-hybridized carbons (Fsp3) is 0.250. The minimum absolute atomic E-state index is 0. The van der Waals surface area contributed by atoms with Gasteiger partial charge in [-0.3, -0.25) is 9.59 Å². The van der Waals surface area contributed by atoms with Crippen LogP contribution in [0.3, 0.4) is 0 Å². The van der Waals surface area contributed by atoms with Gasteiger partial charge < -0.3 is 9.88 Å². The molecule has 0 atom stereocenters. The van der Waals surface area contributed by atoms with Gasteiger partial charge in [0.1, 0.15) is 0 Å². The van der Waals surface area contributed by atoms with E-state index in [9.17, 15) is 9.59 Å². The highest BCUT2D eigenvalue weighted by atomic mass is 35.5. The number of amides is 1. The molecule has 72 valence electrons. The Kier molecular flexibility index (Phi) is 4.20. The molecule has 0 saturated carbocycles. The lowest BCUT2D eigenvalue weighted by Gasteiger charge is -2.08. The number of pyridine rings is 1. The Balaban J connectivity index is 0.00000144. The maximum atomic E-state index is 11.3. The van der Waals surface area contributed by atoms with Gasteiger partial charge in [0.15, 0.2) is 0 Å². The molecule has 0 radical (unpaired) electrons. The molecule has 0 aliphatic heterocycles. The quantitative estimate of drug-likeness (QED) is 0.721. The van der Waals surface area contributed by atoms with Crippen LogP contribution in [0.4, 0.5) is 0 Å². The number of hydrogen-bond donors (Lipinski definition) is 1. The predicted molar refractivity (Wildman–Crippen MR) is 52.3 cm³/mol. The second-order valence-corrected chi connectivity index (χ2v) is 2.64. The van der Waals surface area contributed by atoms with E-state index in [1.807, 2.05) is 0 Å². The van der Waals surface area contributed by atoms with Gasteiger partial charge in [0.05, 0.1) is 5.56 Å². The van der Waals surface area contributed by atoms with E-state index in [-0.39, 0.29) is 23.9 Å². The second kappa shape index (κ2) is 4.67. The first-order chi connectivity index (χ1) is 5.61. The highest BCUT2D eigenvalue weighted by Gasteiger charge is 2.06. The summed E-state index contributed by atoms with van der Waals surface area (Å²) in [6.45, 7) is 0. The number of carbonyl (C=O) groups is 1. The van der Waals surface area contributed by atoms with Crippen molar-refractivity contribution < 1.29 is 4.79 Å². The maximum absolute atomic E-state index is 11.3. The number of hydrogen-bond acceptors (Lipinski definition) is 2. The van der Waals surface area contributed by atoms with E-state index in [1.165, 1.54) is 23.2 Å². The fourth-order valence-electron chi connectivity index (χ4n) is 0.802. The van der Waals surface area contributed by atoms with Gasteiger partial charge in [0.2, 0.25) is 5.56 Å². The van der Waals surface area contributed by atoms with Crippen molar-refractivity contribution in [2.45, 2.75) is 0 Å². The van der Waals surface area contributed by atoms with E-state index < -0.39 is 0 Å². The molecule has 0 aliphatic carbocycles. The molecule has 0 aliphatic rings. The first-order valence-electron chi connectivity index (χ1n) is 3.51. The lowest BCUT2D eigenvalue weighted by Crippen LogP contribution is -2.22. The van der Waals surface area contributed by atoms with Crippen LogP contribution in [0.1, 0.15) is 10.4 Å². The van der Waals surface area contributed by atoms with E-state index >= 15 is 0 Å². The molecular weight excluding hydrogens is 192 g/mol. The Morgan fingerprint density at radius 3 is 2.38 bits per heavy atom. The van der Waals surface area contributed by atoms with Crippen molar-refractivity contribution in [2.75, 3.05) is 14.1 Å². The van der Waals surface area contributed by atoms with Crippen molar-refractivity contribution in [2.24, 2.45) is 0 Å². The van der Waals surface area contributed by atoms with Crippen LogP contribution in [0, 0.1) is 0 Å². The van der Waals surface area contributed by atoms with Crippen LogP contribution >= 0.6 is 12.4 Å². The average molecular weight is 203 g/mol. The average Bonchev–Trinajstić information content (AvgIpc) is 2.04. The molecule has 13 heavy (non-hydrogen) atoms. The molecule has 0 fully saturated rings. The Hall–Kier alpha value is -1.29. The molecule has 0 spiro atoms. The summed E-state index contributed by atoms with van der Waals surface area (Å²) in [5, 5.41) is 0. The van der Waals surface area contributed by atoms with Crippen LogP contribution in [-0.4, -0.2) is 29.9 Å². The van der Waals surface area contributed by atoms with E-state index in [2.05, 4.69) is 4.98 Å². The smallest absolute Gasteiger partial charge is 0.254 e. The minimum Gasteiger partial charge on any atom is -0.345 e. The molecule has 0 unspecified atom stereocenters. The van der Waals surface area contributed by atoms with Gasteiger partial charge in [-0.25, -0.2) is 0 Å². The number of halogens is 1. The number of nitrogens with zero attached hydrogens (tertiary/aromatic N) is 1. The van der Waals surface area contributed by atoms with Crippen molar-refractivity contribution >= 4 is 18.3 Å². The van der Waals surface area contributed by atoms with Gasteiger partial charge in [-0.15, -0.1) is 12.4 Å². The van der Waals surface area contributed by atoms with Crippen LogP contribution in [0.25, 0.3) is 0 Å². The number of nitrogens with one attached hydrogen (secondary N) is 1. The third kappa shape index (κ3) is 2.91. The summed E-state index contributed by atoms with van der Waals surface area (Å²) in [4.78, 5) is 25.8. The van der Waals surface area contributed by atoms with Gasteiger partial charge in [0, 0.05) is 26.4 Å². The molecule has 0 bridgehead atoms. The van der Waals surface area contributed by atoms with Crippen LogP contribution in [0.15, 0.2) is 23.1 Å². The molecule has 1 aromatic heterocycles. The van der Waals surface area contributed by atoms with Crippen LogP contribution in [0.5, 0.6) is 0 Å². The summed E-state index contributed by atoms with van der Waals surface area (Å²) >= 11 is 0. The lowest BCUT2D eigenvalue weighted by atomic mass is 10.2. The molecule has 1 rings (SSSR count). The maximum Gasteiger partial charge on any atom is 0.254 e. The Morgan fingerprint density at radius 2 is 2.00 bits per heavy atom. The zero-order valence-electron chi connectivity index (χ0n) is 7.40. The van der Waals surface area contributed by atoms with Gasteiger partial charge >= 0.3 is 0 Å². The summed E-state index contributed by atoms with van der Waals surface area (Å²) in [6.07, 6.45) is 1.41. The molecule has 0 aromatic carbocycles. The van der Waals surface area contributed by atoms with Crippen LogP contribution in [0.2, 0.25) is 0 Å². The molecule has 0 saturated heterocycles. The molecule has 1 aromatic rings. The molecule has 5 heteroatoms.